The fourth-order valence-corrected chi connectivity index (χ4v) is 4.64. The maximum Gasteiger partial charge on any atom is 0.238 e. The molecule has 1 atom stereocenters. The predicted molar refractivity (Wildman–Crippen MR) is 120 cm³/mol. The number of aryl methyl sites for hydroxylation is 1. The fraction of sp³-hybridized carbons (Fsp3) is 0.348. The van der Waals surface area contributed by atoms with Crippen LogP contribution in [0.1, 0.15) is 35.6 Å². The van der Waals surface area contributed by atoms with E-state index >= 15 is 0 Å². The summed E-state index contributed by atoms with van der Waals surface area (Å²) in [5.74, 6) is 0.277. The van der Waals surface area contributed by atoms with Gasteiger partial charge in [0.2, 0.25) is 10.0 Å². The number of nitriles is 1. The molecule has 3 aromatic rings. The summed E-state index contributed by atoms with van der Waals surface area (Å²) >= 11 is 0. The van der Waals surface area contributed by atoms with Crippen LogP contribution >= 0.6 is 0 Å². The Morgan fingerprint density at radius 1 is 1.27 bits per heavy atom. The molecule has 172 valence electrons. The van der Waals surface area contributed by atoms with E-state index in [1.807, 2.05) is 31.2 Å². The highest BCUT2D eigenvalue weighted by Gasteiger charge is 2.23. The standard InChI is InChI=1S/C23H25FN6O2S/c1-16-4-2-5-17(10-16)11-23-27-22(15-29-9-3-6-18(13-25)14-29)28-30(23)21-8-7-19(12-20(21)24)33(26,31)32/h2,4-5,7-8,10,12,18H,3,6,9,11,14-15H2,1H3,(H2,26,31,32). The average Bonchev–Trinajstić information content (AvgIpc) is 3.14. The molecular weight excluding hydrogens is 443 g/mol. The van der Waals surface area contributed by atoms with E-state index in [0.29, 0.717) is 31.2 Å². The molecule has 10 heteroatoms. The van der Waals surface area contributed by atoms with Gasteiger partial charge in [0.15, 0.2) is 5.82 Å². The van der Waals surface area contributed by atoms with Gasteiger partial charge in [0, 0.05) is 13.0 Å². The monoisotopic (exact) mass is 468 g/mol. The van der Waals surface area contributed by atoms with Crippen molar-refractivity contribution in [2.24, 2.45) is 11.1 Å². The number of nitrogens with zero attached hydrogens (tertiary/aromatic N) is 5. The number of primary sulfonamides is 1. The fourth-order valence-electron chi connectivity index (χ4n) is 4.11. The molecule has 4 rings (SSSR count). The first-order valence-corrected chi connectivity index (χ1v) is 12.2. The summed E-state index contributed by atoms with van der Waals surface area (Å²) in [5.41, 5.74) is 2.19. The summed E-state index contributed by atoms with van der Waals surface area (Å²) < 4.78 is 39.6. The molecule has 1 fully saturated rings. The molecule has 1 aliphatic rings. The number of aromatic nitrogens is 3. The van der Waals surface area contributed by atoms with Crippen molar-refractivity contribution in [3.05, 3.63) is 71.1 Å². The quantitative estimate of drug-likeness (QED) is 0.594. The van der Waals surface area contributed by atoms with Gasteiger partial charge in [-0.1, -0.05) is 29.8 Å². The molecule has 0 amide bonds. The maximum atomic E-state index is 15.0. The minimum atomic E-state index is -4.03. The van der Waals surface area contributed by atoms with Crippen molar-refractivity contribution in [2.75, 3.05) is 13.1 Å². The van der Waals surface area contributed by atoms with Gasteiger partial charge in [0.1, 0.15) is 17.3 Å². The summed E-state index contributed by atoms with van der Waals surface area (Å²) in [4.78, 5) is 6.51. The van der Waals surface area contributed by atoms with E-state index in [9.17, 15) is 18.1 Å². The summed E-state index contributed by atoms with van der Waals surface area (Å²) in [6.45, 7) is 3.93. The predicted octanol–water partition coefficient (Wildman–Crippen LogP) is 2.69. The van der Waals surface area contributed by atoms with Crippen LogP contribution in [0.25, 0.3) is 5.69 Å². The van der Waals surface area contributed by atoms with Crippen molar-refractivity contribution in [1.82, 2.24) is 19.7 Å². The molecule has 1 aliphatic heterocycles. The minimum Gasteiger partial charge on any atom is -0.295 e. The van der Waals surface area contributed by atoms with Crippen molar-refractivity contribution < 1.29 is 12.8 Å². The Balaban J connectivity index is 1.70. The lowest BCUT2D eigenvalue weighted by Gasteiger charge is -2.28. The van der Waals surface area contributed by atoms with Crippen molar-refractivity contribution in [1.29, 1.82) is 5.26 Å². The third kappa shape index (κ3) is 5.45. The van der Waals surface area contributed by atoms with Gasteiger partial charge in [0.05, 0.1) is 23.4 Å². The third-order valence-corrected chi connectivity index (χ3v) is 6.60. The molecule has 2 N–H and O–H groups in total. The normalized spacial score (nSPS) is 17.1. The van der Waals surface area contributed by atoms with Gasteiger partial charge in [-0.05, 0) is 50.1 Å². The average molecular weight is 469 g/mol. The van der Waals surface area contributed by atoms with Crippen molar-refractivity contribution in [3.8, 4) is 11.8 Å². The van der Waals surface area contributed by atoms with E-state index in [1.54, 1.807) is 0 Å². The molecule has 1 unspecified atom stereocenters. The maximum absolute atomic E-state index is 15.0. The minimum absolute atomic E-state index is 0.0178. The van der Waals surface area contributed by atoms with Crippen LogP contribution in [0.5, 0.6) is 0 Å². The van der Waals surface area contributed by atoms with Crippen LogP contribution in [-0.2, 0) is 23.0 Å². The SMILES string of the molecule is Cc1cccc(Cc2nc(CN3CCCC(C#N)C3)nn2-c2ccc(S(N)(=O)=O)cc2F)c1. The topological polar surface area (TPSA) is 118 Å². The third-order valence-electron chi connectivity index (χ3n) is 5.69. The number of halogens is 1. The van der Waals surface area contributed by atoms with E-state index in [2.05, 4.69) is 21.1 Å². The highest BCUT2D eigenvalue weighted by molar-refractivity contribution is 7.89. The second kappa shape index (κ2) is 9.39. The molecule has 1 saturated heterocycles. The van der Waals surface area contributed by atoms with Crippen molar-refractivity contribution in [2.45, 2.75) is 37.6 Å². The first kappa shape index (κ1) is 23.0. The Morgan fingerprint density at radius 2 is 2.09 bits per heavy atom. The molecule has 0 spiro atoms. The van der Waals surface area contributed by atoms with Crippen molar-refractivity contribution >= 4 is 10.0 Å². The molecule has 8 nitrogen and oxygen atoms in total. The number of sulfonamides is 1. The van der Waals surface area contributed by atoms with Crippen LogP contribution in [0, 0.1) is 30.0 Å². The molecule has 0 aliphatic carbocycles. The summed E-state index contributed by atoms with van der Waals surface area (Å²) in [6.07, 6.45) is 2.24. The number of likely N-dealkylation sites (tertiary alicyclic amines) is 1. The molecule has 0 saturated carbocycles. The molecular formula is C23H25FN6O2S. The van der Waals surface area contributed by atoms with E-state index < -0.39 is 15.8 Å². The van der Waals surface area contributed by atoms with Gasteiger partial charge in [0.25, 0.3) is 0 Å². The van der Waals surface area contributed by atoms with Gasteiger partial charge in [-0.2, -0.15) is 5.26 Å². The first-order valence-electron chi connectivity index (χ1n) is 10.7. The number of piperidine rings is 1. The van der Waals surface area contributed by atoms with Crippen LogP contribution in [0.2, 0.25) is 0 Å². The Morgan fingerprint density at radius 3 is 2.79 bits per heavy atom. The molecule has 0 radical (unpaired) electrons. The Kier molecular flexibility index (Phi) is 6.56. The number of nitrogens with two attached hydrogens (primary N) is 1. The van der Waals surface area contributed by atoms with Crippen LogP contribution < -0.4 is 5.14 Å². The number of hydrogen-bond donors (Lipinski definition) is 1. The lowest BCUT2D eigenvalue weighted by Crippen LogP contribution is -2.34. The van der Waals surface area contributed by atoms with Crippen LogP contribution in [0.15, 0.2) is 47.4 Å². The van der Waals surface area contributed by atoms with E-state index in [0.717, 1.165) is 36.6 Å². The molecule has 0 bridgehead atoms. The lowest BCUT2D eigenvalue weighted by molar-refractivity contribution is 0.188. The van der Waals surface area contributed by atoms with Crippen LogP contribution in [0.4, 0.5) is 4.39 Å². The summed E-state index contributed by atoms with van der Waals surface area (Å²) in [5, 5.41) is 19.0. The smallest absolute Gasteiger partial charge is 0.238 e. The lowest BCUT2D eigenvalue weighted by atomic mass is 10.00. The van der Waals surface area contributed by atoms with Gasteiger partial charge < -0.3 is 0 Å². The largest absolute Gasteiger partial charge is 0.295 e. The number of rotatable bonds is 6. The molecule has 33 heavy (non-hydrogen) atoms. The van der Waals surface area contributed by atoms with Gasteiger partial charge in [-0.25, -0.2) is 27.6 Å². The molecule has 1 aromatic heterocycles. The zero-order valence-corrected chi connectivity index (χ0v) is 19.1. The zero-order chi connectivity index (χ0) is 23.6. The van der Waals surface area contributed by atoms with Crippen LogP contribution in [0.3, 0.4) is 0 Å². The Bertz CT molecular complexity index is 1310. The second-order valence-electron chi connectivity index (χ2n) is 8.38. The van der Waals surface area contributed by atoms with Crippen molar-refractivity contribution in [3.63, 3.8) is 0 Å². The highest BCUT2D eigenvalue weighted by Crippen LogP contribution is 2.22. The molecule has 2 heterocycles. The summed E-state index contributed by atoms with van der Waals surface area (Å²) in [7, 11) is -4.03. The molecule has 2 aromatic carbocycles. The zero-order valence-electron chi connectivity index (χ0n) is 18.3. The van der Waals surface area contributed by atoms with E-state index in [4.69, 9.17) is 5.14 Å². The van der Waals surface area contributed by atoms with Crippen LogP contribution in [-0.4, -0.2) is 41.2 Å². The summed E-state index contributed by atoms with van der Waals surface area (Å²) in [6, 6.07) is 13.8. The Hall–Kier alpha value is -3.13. The number of hydrogen-bond acceptors (Lipinski definition) is 6. The van der Waals surface area contributed by atoms with E-state index in [1.165, 1.54) is 16.8 Å². The van der Waals surface area contributed by atoms with Gasteiger partial charge >= 0.3 is 0 Å². The second-order valence-corrected chi connectivity index (χ2v) is 9.94. The first-order chi connectivity index (χ1) is 15.7. The highest BCUT2D eigenvalue weighted by atomic mass is 32.2. The Labute approximate surface area is 192 Å². The number of benzene rings is 2. The van der Waals surface area contributed by atoms with E-state index in [-0.39, 0.29) is 16.5 Å². The van der Waals surface area contributed by atoms with Gasteiger partial charge in [-0.3, -0.25) is 4.90 Å². The van der Waals surface area contributed by atoms with Gasteiger partial charge in [-0.15, -0.1) is 5.10 Å².